The predicted molar refractivity (Wildman–Crippen MR) is 75.9 cm³/mol. The Balaban J connectivity index is 1.84. The van der Waals surface area contributed by atoms with Crippen molar-refractivity contribution in [2.45, 2.75) is 25.0 Å². The van der Waals surface area contributed by atoms with Gasteiger partial charge >= 0.3 is 7.60 Å². The third-order valence-corrected chi connectivity index (χ3v) is 6.70. The molecule has 0 bridgehead atoms. The standard InChI is InChI=1S/C14H17N2O4P/c1-2-19-21(18)12-9-16-13(17)7-8-15(16)14(12)10-5-3-4-6-11(10)20-21/h3-6,12,14H,2,7-9H2,1H3/t12-,14-,21-/m0/s1. The summed E-state index contributed by atoms with van der Waals surface area (Å²) in [5.41, 5.74) is 0.683. The van der Waals surface area contributed by atoms with Crippen molar-refractivity contribution in [3.05, 3.63) is 29.8 Å². The van der Waals surface area contributed by atoms with Gasteiger partial charge < -0.3 is 4.52 Å². The molecule has 3 atom stereocenters. The maximum absolute atomic E-state index is 13.1. The van der Waals surface area contributed by atoms with Gasteiger partial charge in [-0.05, 0) is 13.0 Å². The van der Waals surface area contributed by atoms with E-state index in [1.807, 2.05) is 29.3 Å². The van der Waals surface area contributed by atoms with Crippen LogP contribution in [0.4, 0.5) is 0 Å². The second kappa shape index (κ2) is 4.57. The lowest BCUT2D eigenvalue weighted by Gasteiger charge is -2.35. The summed E-state index contributed by atoms with van der Waals surface area (Å²) in [4.78, 5) is 12.0. The highest BCUT2D eigenvalue weighted by atomic mass is 31.2. The zero-order chi connectivity index (χ0) is 14.6. The molecular formula is C14H17N2O4P. The van der Waals surface area contributed by atoms with Gasteiger partial charge in [0, 0.05) is 18.5 Å². The molecule has 3 aliphatic rings. The van der Waals surface area contributed by atoms with Crippen LogP contribution in [0.3, 0.4) is 0 Å². The molecule has 3 heterocycles. The molecule has 2 fully saturated rings. The van der Waals surface area contributed by atoms with Crippen molar-refractivity contribution in [3.8, 4) is 5.75 Å². The molecule has 0 spiro atoms. The normalized spacial score (nSPS) is 34.3. The molecule has 0 saturated carbocycles. The van der Waals surface area contributed by atoms with Crippen molar-refractivity contribution in [1.29, 1.82) is 0 Å². The minimum atomic E-state index is -3.27. The maximum atomic E-state index is 13.1. The third-order valence-electron chi connectivity index (χ3n) is 4.38. The lowest BCUT2D eigenvalue weighted by Crippen LogP contribution is -2.34. The molecule has 0 aliphatic carbocycles. The molecule has 2 saturated heterocycles. The predicted octanol–water partition coefficient (Wildman–Crippen LogP) is 2.18. The molecule has 0 radical (unpaired) electrons. The summed E-state index contributed by atoms with van der Waals surface area (Å²) >= 11 is 0. The molecule has 1 aromatic carbocycles. The molecule has 0 unspecified atom stereocenters. The number of hydrogen-bond donors (Lipinski definition) is 0. The maximum Gasteiger partial charge on any atom is 0.386 e. The van der Waals surface area contributed by atoms with E-state index in [-0.39, 0.29) is 17.6 Å². The fourth-order valence-corrected chi connectivity index (χ4v) is 5.73. The van der Waals surface area contributed by atoms with Gasteiger partial charge in [-0.3, -0.25) is 14.3 Å². The van der Waals surface area contributed by atoms with E-state index in [9.17, 15) is 9.36 Å². The number of fused-ring (bicyclic) bond motifs is 5. The molecule has 6 nitrogen and oxygen atoms in total. The molecular weight excluding hydrogens is 291 g/mol. The fourth-order valence-electron chi connectivity index (χ4n) is 3.53. The molecule has 21 heavy (non-hydrogen) atoms. The van der Waals surface area contributed by atoms with Gasteiger partial charge in [-0.25, -0.2) is 9.57 Å². The average Bonchev–Trinajstić information content (AvgIpc) is 3.01. The van der Waals surface area contributed by atoms with E-state index in [1.54, 1.807) is 11.9 Å². The monoisotopic (exact) mass is 308 g/mol. The first-order chi connectivity index (χ1) is 10.1. The smallest absolute Gasteiger partial charge is 0.386 e. The number of hydrogen-bond acceptors (Lipinski definition) is 5. The van der Waals surface area contributed by atoms with Gasteiger partial charge in [-0.2, -0.15) is 0 Å². The number of benzene rings is 1. The van der Waals surface area contributed by atoms with E-state index >= 15 is 0 Å². The number of nitrogens with zero attached hydrogens (tertiary/aromatic N) is 2. The second-order valence-electron chi connectivity index (χ2n) is 5.49. The summed E-state index contributed by atoms with van der Waals surface area (Å²) in [6.45, 7) is 3.21. The zero-order valence-electron chi connectivity index (χ0n) is 11.8. The Morgan fingerprint density at radius 3 is 3.05 bits per heavy atom. The van der Waals surface area contributed by atoms with Crippen LogP contribution in [0.1, 0.15) is 24.9 Å². The lowest BCUT2D eigenvalue weighted by atomic mass is 10.0. The molecule has 0 N–H and O–H groups in total. The van der Waals surface area contributed by atoms with E-state index in [0.717, 1.165) is 5.56 Å². The van der Waals surface area contributed by atoms with E-state index in [2.05, 4.69) is 0 Å². The summed E-state index contributed by atoms with van der Waals surface area (Å²) in [7, 11) is -3.27. The highest BCUT2D eigenvalue weighted by Crippen LogP contribution is 2.65. The zero-order valence-corrected chi connectivity index (χ0v) is 12.7. The van der Waals surface area contributed by atoms with Gasteiger partial charge in [0.05, 0.1) is 19.2 Å². The first-order valence-corrected chi connectivity index (χ1v) is 8.85. The highest BCUT2D eigenvalue weighted by Gasteiger charge is 2.58. The topological polar surface area (TPSA) is 59.1 Å². The number of carbonyl (C=O) groups is 1. The second-order valence-corrected chi connectivity index (χ2v) is 7.67. The Hall–Kier alpha value is -1.36. The molecule has 0 aromatic heterocycles. The van der Waals surface area contributed by atoms with E-state index < -0.39 is 7.60 Å². The Labute approximate surface area is 123 Å². The summed E-state index contributed by atoms with van der Waals surface area (Å²) in [6, 6.07) is 7.50. The van der Waals surface area contributed by atoms with Crippen LogP contribution in [0.5, 0.6) is 5.75 Å². The van der Waals surface area contributed by atoms with Crippen molar-refractivity contribution in [2.24, 2.45) is 0 Å². The Morgan fingerprint density at radius 2 is 2.24 bits per heavy atom. The minimum Gasteiger partial charge on any atom is -0.424 e. The number of para-hydroxylation sites is 1. The van der Waals surface area contributed by atoms with Crippen molar-refractivity contribution in [2.75, 3.05) is 19.7 Å². The van der Waals surface area contributed by atoms with E-state index in [1.165, 1.54) is 0 Å². The van der Waals surface area contributed by atoms with Crippen molar-refractivity contribution >= 4 is 13.5 Å². The summed E-state index contributed by atoms with van der Waals surface area (Å²) in [6.07, 6.45) is 0.519. The molecule has 1 amide bonds. The minimum absolute atomic E-state index is 0.0879. The highest BCUT2D eigenvalue weighted by molar-refractivity contribution is 7.55. The third kappa shape index (κ3) is 1.79. The molecule has 4 rings (SSSR count). The summed E-state index contributed by atoms with van der Waals surface area (Å²) in [5.74, 6) is 0.696. The van der Waals surface area contributed by atoms with Crippen LogP contribution in [0.2, 0.25) is 0 Å². The quantitative estimate of drug-likeness (QED) is 0.784. The first kappa shape index (κ1) is 13.3. The molecule has 7 heteroatoms. The van der Waals surface area contributed by atoms with Crippen LogP contribution in [0.25, 0.3) is 0 Å². The van der Waals surface area contributed by atoms with Gasteiger partial charge in [0.2, 0.25) is 5.91 Å². The molecule has 112 valence electrons. The van der Waals surface area contributed by atoms with Crippen LogP contribution in [-0.2, 0) is 13.9 Å². The van der Waals surface area contributed by atoms with Gasteiger partial charge in [0.1, 0.15) is 11.4 Å². The van der Waals surface area contributed by atoms with Gasteiger partial charge in [0.15, 0.2) is 0 Å². The Kier molecular flexibility index (Phi) is 2.89. The number of amides is 1. The number of carbonyl (C=O) groups excluding carboxylic acids is 1. The van der Waals surface area contributed by atoms with Crippen LogP contribution in [0.15, 0.2) is 24.3 Å². The van der Waals surface area contributed by atoms with Gasteiger partial charge in [-0.1, -0.05) is 18.2 Å². The van der Waals surface area contributed by atoms with Crippen molar-refractivity contribution < 1.29 is 18.4 Å². The van der Waals surface area contributed by atoms with Crippen molar-refractivity contribution in [1.82, 2.24) is 10.0 Å². The van der Waals surface area contributed by atoms with Crippen molar-refractivity contribution in [3.63, 3.8) is 0 Å². The Bertz CT molecular complexity index is 650. The number of rotatable bonds is 2. The lowest BCUT2D eigenvalue weighted by molar-refractivity contribution is -0.135. The summed E-state index contributed by atoms with van der Waals surface area (Å²) in [5, 5.41) is 3.74. The Morgan fingerprint density at radius 1 is 1.43 bits per heavy atom. The first-order valence-electron chi connectivity index (χ1n) is 7.24. The molecule has 3 aliphatic heterocycles. The average molecular weight is 308 g/mol. The van der Waals surface area contributed by atoms with Crippen LogP contribution >= 0.6 is 7.60 Å². The summed E-state index contributed by atoms with van der Waals surface area (Å²) < 4.78 is 24.4. The number of hydrazine groups is 1. The van der Waals surface area contributed by atoms with Crippen LogP contribution in [0, 0.1) is 0 Å². The van der Waals surface area contributed by atoms with Crippen LogP contribution < -0.4 is 4.52 Å². The van der Waals surface area contributed by atoms with Gasteiger partial charge in [0.25, 0.3) is 0 Å². The largest absolute Gasteiger partial charge is 0.424 e. The van der Waals surface area contributed by atoms with E-state index in [4.69, 9.17) is 9.05 Å². The van der Waals surface area contributed by atoms with Crippen LogP contribution in [-0.4, -0.2) is 41.3 Å². The van der Waals surface area contributed by atoms with Gasteiger partial charge in [-0.15, -0.1) is 0 Å². The van der Waals surface area contributed by atoms with E-state index in [0.29, 0.717) is 31.9 Å². The molecule has 1 aromatic rings. The fraction of sp³-hybridized carbons (Fsp3) is 0.500. The SMILES string of the molecule is CCO[P@]1(=O)Oc2ccccc2[C@H]2[C@@H]1CN1C(=O)CCN21.